The first-order valence-corrected chi connectivity index (χ1v) is 11.4. The lowest BCUT2D eigenvalue weighted by Gasteiger charge is -2.13. The summed E-state index contributed by atoms with van der Waals surface area (Å²) in [5, 5.41) is 11.9. The molecule has 146 valence electrons. The minimum absolute atomic E-state index is 0.163. The molecular formula is C22H16BrNO4S. The second-order valence-corrected chi connectivity index (χ2v) is 9.50. The topological polar surface area (TPSA) is 76.4 Å². The van der Waals surface area contributed by atoms with E-state index < -0.39 is 9.84 Å². The molecule has 0 atom stereocenters. The molecule has 0 saturated heterocycles. The van der Waals surface area contributed by atoms with Crippen molar-refractivity contribution in [1.29, 1.82) is 0 Å². The van der Waals surface area contributed by atoms with Gasteiger partial charge >= 0.3 is 0 Å². The summed E-state index contributed by atoms with van der Waals surface area (Å²) in [4.78, 5) is 12.9. The van der Waals surface area contributed by atoms with Gasteiger partial charge in [-0.15, -0.1) is 0 Å². The highest BCUT2D eigenvalue weighted by atomic mass is 79.9. The van der Waals surface area contributed by atoms with E-state index in [1.54, 1.807) is 66.7 Å². The van der Waals surface area contributed by atoms with Gasteiger partial charge in [0.25, 0.3) is 5.56 Å². The van der Waals surface area contributed by atoms with Crippen molar-refractivity contribution in [2.75, 3.05) is 6.26 Å². The number of pyridine rings is 1. The lowest BCUT2D eigenvalue weighted by atomic mass is 10.1. The fraction of sp³-hybridized carbons (Fsp3) is 0.0455. The van der Waals surface area contributed by atoms with E-state index in [-0.39, 0.29) is 16.3 Å². The monoisotopic (exact) mass is 469 g/mol. The molecule has 0 unspecified atom stereocenters. The number of hydrogen-bond donors (Lipinski definition) is 1. The van der Waals surface area contributed by atoms with Crippen molar-refractivity contribution in [1.82, 2.24) is 4.57 Å². The Morgan fingerprint density at radius 1 is 0.931 bits per heavy atom. The Morgan fingerprint density at radius 3 is 2.31 bits per heavy atom. The Labute approximate surface area is 175 Å². The summed E-state index contributed by atoms with van der Waals surface area (Å²) >= 11 is 3.42. The van der Waals surface area contributed by atoms with Crippen molar-refractivity contribution in [3.63, 3.8) is 0 Å². The third-order valence-electron chi connectivity index (χ3n) is 4.70. The van der Waals surface area contributed by atoms with E-state index in [9.17, 15) is 18.3 Å². The van der Waals surface area contributed by atoms with Crippen LogP contribution in [-0.4, -0.2) is 24.3 Å². The number of nitrogens with zero attached hydrogens (tertiary/aromatic N) is 1. The summed E-state index contributed by atoms with van der Waals surface area (Å²) < 4.78 is 26.1. The molecule has 1 heterocycles. The standard InChI is InChI=1S/C22H16BrNO4S/c1-29(27,28)19-8-3-2-6-17(19)14-9-11-16(12-10-14)24-20(25)13-15-5-4-7-18(23)21(15)22(24)26/h2-13,26H,1H3. The van der Waals surface area contributed by atoms with Gasteiger partial charge in [0.2, 0.25) is 5.88 Å². The van der Waals surface area contributed by atoms with E-state index in [2.05, 4.69) is 15.9 Å². The molecule has 1 N–H and O–H groups in total. The molecule has 0 saturated carbocycles. The SMILES string of the molecule is CS(=O)(=O)c1ccccc1-c1ccc(-n2c(O)c3c(Br)cccc3cc2=O)cc1. The van der Waals surface area contributed by atoms with Crippen LogP contribution in [-0.2, 0) is 9.84 Å². The molecule has 3 aromatic carbocycles. The fourth-order valence-corrected chi connectivity index (χ4v) is 4.85. The van der Waals surface area contributed by atoms with Crippen molar-refractivity contribution in [2.24, 2.45) is 0 Å². The average Bonchev–Trinajstić information content (AvgIpc) is 2.67. The molecule has 4 rings (SSSR count). The van der Waals surface area contributed by atoms with Gasteiger partial charge in [-0.05, 0) is 51.1 Å². The molecule has 29 heavy (non-hydrogen) atoms. The summed E-state index contributed by atoms with van der Waals surface area (Å²) in [5.41, 5.74) is 1.40. The maximum absolute atomic E-state index is 12.6. The first kappa shape index (κ1) is 19.4. The van der Waals surface area contributed by atoms with Gasteiger partial charge in [-0.25, -0.2) is 13.0 Å². The van der Waals surface area contributed by atoms with E-state index in [4.69, 9.17) is 0 Å². The quantitative estimate of drug-likeness (QED) is 0.478. The normalized spacial score (nSPS) is 11.7. The highest BCUT2D eigenvalue weighted by Crippen LogP contribution is 2.33. The molecule has 0 aliphatic heterocycles. The lowest BCUT2D eigenvalue weighted by Crippen LogP contribution is -2.17. The third-order valence-corrected chi connectivity index (χ3v) is 6.52. The van der Waals surface area contributed by atoms with Crippen LogP contribution in [0.2, 0.25) is 0 Å². The summed E-state index contributed by atoms with van der Waals surface area (Å²) in [7, 11) is -3.39. The fourth-order valence-electron chi connectivity index (χ4n) is 3.38. The van der Waals surface area contributed by atoms with Crippen LogP contribution in [0.4, 0.5) is 0 Å². The Balaban J connectivity index is 1.87. The predicted molar refractivity (Wildman–Crippen MR) is 117 cm³/mol. The van der Waals surface area contributed by atoms with Crippen molar-refractivity contribution in [3.05, 3.63) is 87.6 Å². The van der Waals surface area contributed by atoms with Crippen LogP contribution in [0.1, 0.15) is 0 Å². The van der Waals surface area contributed by atoms with Crippen LogP contribution >= 0.6 is 15.9 Å². The van der Waals surface area contributed by atoms with Crippen molar-refractivity contribution >= 4 is 36.5 Å². The van der Waals surface area contributed by atoms with Gasteiger partial charge in [-0.2, -0.15) is 0 Å². The molecule has 0 aliphatic carbocycles. The van der Waals surface area contributed by atoms with Crippen LogP contribution in [0, 0.1) is 0 Å². The van der Waals surface area contributed by atoms with E-state index in [0.29, 0.717) is 32.1 Å². The van der Waals surface area contributed by atoms with Crippen molar-refractivity contribution in [3.8, 4) is 22.7 Å². The Hall–Kier alpha value is -2.90. The zero-order chi connectivity index (χ0) is 20.8. The zero-order valence-electron chi connectivity index (χ0n) is 15.3. The highest BCUT2D eigenvalue weighted by molar-refractivity contribution is 9.10. The van der Waals surface area contributed by atoms with Gasteiger partial charge in [0, 0.05) is 22.4 Å². The molecule has 7 heteroatoms. The summed E-state index contributed by atoms with van der Waals surface area (Å²) in [6.45, 7) is 0. The summed E-state index contributed by atoms with van der Waals surface area (Å²) in [5.74, 6) is -0.163. The second-order valence-electron chi connectivity index (χ2n) is 6.66. The molecule has 5 nitrogen and oxygen atoms in total. The van der Waals surface area contributed by atoms with Gasteiger partial charge in [-0.1, -0.05) is 42.5 Å². The number of aromatic hydroxyl groups is 1. The maximum atomic E-state index is 12.6. The van der Waals surface area contributed by atoms with E-state index in [0.717, 1.165) is 0 Å². The number of aromatic nitrogens is 1. The minimum Gasteiger partial charge on any atom is -0.494 e. The largest absolute Gasteiger partial charge is 0.494 e. The number of benzene rings is 3. The van der Waals surface area contributed by atoms with Gasteiger partial charge < -0.3 is 5.11 Å². The highest BCUT2D eigenvalue weighted by Gasteiger charge is 2.16. The molecule has 1 aromatic heterocycles. The molecule has 4 aromatic rings. The molecule has 0 amide bonds. The van der Waals surface area contributed by atoms with E-state index in [1.807, 2.05) is 0 Å². The molecule has 0 bridgehead atoms. The minimum atomic E-state index is -3.39. The maximum Gasteiger partial charge on any atom is 0.258 e. The number of sulfone groups is 1. The smallest absolute Gasteiger partial charge is 0.258 e. The molecule has 0 radical (unpaired) electrons. The Kier molecular flexibility index (Phi) is 4.80. The number of rotatable bonds is 3. The predicted octanol–water partition coefficient (Wildman–Crippen LogP) is 4.53. The first-order chi connectivity index (χ1) is 13.8. The summed E-state index contributed by atoms with van der Waals surface area (Å²) in [6.07, 6.45) is 1.17. The van der Waals surface area contributed by atoms with Gasteiger partial charge in [0.15, 0.2) is 9.84 Å². The van der Waals surface area contributed by atoms with Crippen molar-refractivity contribution < 1.29 is 13.5 Å². The van der Waals surface area contributed by atoms with E-state index >= 15 is 0 Å². The zero-order valence-corrected chi connectivity index (χ0v) is 17.7. The van der Waals surface area contributed by atoms with Gasteiger partial charge in [0.1, 0.15) is 0 Å². The van der Waals surface area contributed by atoms with E-state index in [1.165, 1.54) is 16.9 Å². The van der Waals surface area contributed by atoms with Gasteiger partial charge in [-0.3, -0.25) is 4.79 Å². The Morgan fingerprint density at radius 2 is 1.62 bits per heavy atom. The van der Waals surface area contributed by atoms with Crippen LogP contribution in [0.5, 0.6) is 5.88 Å². The number of hydrogen-bond acceptors (Lipinski definition) is 4. The third kappa shape index (κ3) is 3.47. The number of fused-ring (bicyclic) bond motifs is 1. The number of halogens is 1. The van der Waals surface area contributed by atoms with Crippen LogP contribution in [0.15, 0.2) is 87.0 Å². The molecule has 0 spiro atoms. The van der Waals surface area contributed by atoms with Crippen LogP contribution in [0.3, 0.4) is 0 Å². The molecule has 0 aliphatic rings. The second kappa shape index (κ2) is 7.17. The summed E-state index contributed by atoms with van der Waals surface area (Å²) in [6, 6.07) is 20.4. The van der Waals surface area contributed by atoms with Gasteiger partial charge in [0.05, 0.1) is 16.0 Å². The average molecular weight is 470 g/mol. The molecular weight excluding hydrogens is 454 g/mol. The molecule has 0 fully saturated rings. The van der Waals surface area contributed by atoms with Crippen molar-refractivity contribution in [2.45, 2.75) is 4.90 Å². The Bertz CT molecular complexity index is 1410. The lowest BCUT2D eigenvalue weighted by molar-refractivity contribution is 0.442. The van der Waals surface area contributed by atoms with Crippen LogP contribution in [0.25, 0.3) is 27.6 Å². The van der Waals surface area contributed by atoms with Crippen LogP contribution < -0.4 is 5.56 Å². The first-order valence-electron chi connectivity index (χ1n) is 8.70.